The third-order valence-electron chi connectivity index (χ3n) is 6.03. The zero-order valence-electron chi connectivity index (χ0n) is 18.8. The Balaban J connectivity index is 1.29. The molecule has 4 aromatic carbocycles. The Morgan fingerprint density at radius 3 is 1.91 bits per heavy atom. The van der Waals surface area contributed by atoms with Crippen LogP contribution < -0.4 is 0 Å². The molecule has 0 unspecified atom stereocenters. The molecule has 0 N–H and O–H groups in total. The second-order valence-electron chi connectivity index (χ2n) is 8.57. The highest BCUT2D eigenvalue weighted by Crippen LogP contribution is 2.21. The Morgan fingerprint density at radius 1 is 0.667 bits per heavy atom. The second kappa shape index (κ2) is 10.9. The smallest absolute Gasteiger partial charge is 0.133 e. The molecule has 0 aliphatic heterocycles. The molecule has 4 rings (SSSR count). The molecule has 0 aliphatic carbocycles. The quantitative estimate of drug-likeness (QED) is 0.243. The first kappa shape index (κ1) is 22.7. The van der Waals surface area contributed by atoms with Gasteiger partial charge >= 0.3 is 0 Å². The molecule has 0 aromatic heterocycles. The van der Waals surface area contributed by atoms with Crippen molar-refractivity contribution in [3.05, 3.63) is 142 Å². The predicted molar refractivity (Wildman–Crippen MR) is 134 cm³/mol. The standard InChI is InChI=1S/C31H28F2/c1-23(28-5-3-2-4-6-28)21-27-15-13-25(14-16-27)8-7-24-9-11-26(12-10-24)17-18-29-19-20-30(32)22-31(29)33/h2-6,9-20,22-23H,7-8,21H2,1H3/t23-/m0/s1. The third kappa shape index (κ3) is 6.49. The Bertz CT molecular complexity index is 1190. The van der Waals surface area contributed by atoms with E-state index in [1.54, 1.807) is 6.08 Å². The summed E-state index contributed by atoms with van der Waals surface area (Å²) >= 11 is 0. The molecule has 0 amide bonds. The summed E-state index contributed by atoms with van der Waals surface area (Å²) in [6.45, 7) is 2.28. The summed E-state index contributed by atoms with van der Waals surface area (Å²) in [4.78, 5) is 0. The first-order valence-corrected chi connectivity index (χ1v) is 11.4. The van der Waals surface area contributed by atoms with E-state index in [0.29, 0.717) is 11.5 Å². The molecule has 0 saturated heterocycles. The van der Waals surface area contributed by atoms with E-state index in [9.17, 15) is 8.78 Å². The zero-order chi connectivity index (χ0) is 23.0. The van der Waals surface area contributed by atoms with E-state index in [2.05, 4.69) is 73.7 Å². The van der Waals surface area contributed by atoms with E-state index in [0.717, 1.165) is 30.9 Å². The summed E-state index contributed by atoms with van der Waals surface area (Å²) in [5.74, 6) is -0.613. The van der Waals surface area contributed by atoms with Crippen LogP contribution in [0.15, 0.2) is 97.1 Å². The van der Waals surface area contributed by atoms with E-state index < -0.39 is 11.6 Å². The van der Waals surface area contributed by atoms with Gasteiger partial charge in [0.1, 0.15) is 11.6 Å². The maximum Gasteiger partial charge on any atom is 0.133 e. The predicted octanol–water partition coefficient (Wildman–Crippen LogP) is 8.27. The molecular formula is C31H28F2. The van der Waals surface area contributed by atoms with Crippen LogP contribution in [0.25, 0.3) is 12.2 Å². The van der Waals surface area contributed by atoms with Crippen molar-refractivity contribution in [2.75, 3.05) is 0 Å². The number of benzene rings is 4. The third-order valence-corrected chi connectivity index (χ3v) is 6.03. The van der Waals surface area contributed by atoms with Crippen molar-refractivity contribution < 1.29 is 8.78 Å². The molecule has 166 valence electrons. The molecule has 0 bridgehead atoms. The lowest BCUT2D eigenvalue weighted by atomic mass is 9.93. The Kier molecular flexibility index (Phi) is 7.47. The van der Waals surface area contributed by atoms with Gasteiger partial charge in [0.2, 0.25) is 0 Å². The van der Waals surface area contributed by atoms with Crippen LogP contribution in [-0.4, -0.2) is 0 Å². The zero-order valence-corrected chi connectivity index (χ0v) is 18.8. The van der Waals surface area contributed by atoms with Crippen molar-refractivity contribution in [2.24, 2.45) is 0 Å². The first-order chi connectivity index (χ1) is 16.1. The van der Waals surface area contributed by atoms with Crippen LogP contribution in [0.5, 0.6) is 0 Å². The first-order valence-electron chi connectivity index (χ1n) is 11.4. The van der Waals surface area contributed by atoms with Crippen molar-refractivity contribution in [1.29, 1.82) is 0 Å². The molecule has 0 fully saturated rings. The van der Waals surface area contributed by atoms with E-state index >= 15 is 0 Å². The number of hydrogen-bond acceptors (Lipinski definition) is 0. The fraction of sp³-hybridized carbons (Fsp3) is 0.161. The molecule has 0 aliphatic rings. The highest BCUT2D eigenvalue weighted by Gasteiger charge is 2.06. The normalized spacial score (nSPS) is 12.2. The minimum atomic E-state index is -0.564. The lowest BCUT2D eigenvalue weighted by Gasteiger charge is -2.12. The summed E-state index contributed by atoms with van der Waals surface area (Å²) in [5.41, 5.74) is 6.71. The van der Waals surface area contributed by atoms with E-state index in [1.807, 2.05) is 18.2 Å². The maximum atomic E-state index is 13.8. The van der Waals surface area contributed by atoms with E-state index in [1.165, 1.54) is 34.4 Å². The summed E-state index contributed by atoms with van der Waals surface area (Å²) in [5, 5.41) is 0. The summed E-state index contributed by atoms with van der Waals surface area (Å²) in [6.07, 6.45) is 6.52. The van der Waals surface area contributed by atoms with Crippen LogP contribution in [0.4, 0.5) is 8.78 Å². The van der Waals surface area contributed by atoms with Crippen molar-refractivity contribution in [3.8, 4) is 0 Å². The maximum absolute atomic E-state index is 13.8. The number of hydrogen-bond donors (Lipinski definition) is 0. The number of halogens is 2. The molecule has 0 nitrogen and oxygen atoms in total. The van der Waals surface area contributed by atoms with E-state index in [-0.39, 0.29) is 0 Å². The van der Waals surface area contributed by atoms with Crippen molar-refractivity contribution in [3.63, 3.8) is 0 Å². The van der Waals surface area contributed by atoms with Gasteiger partial charge in [-0.05, 0) is 65.1 Å². The van der Waals surface area contributed by atoms with Gasteiger partial charge in [0, 0.05) is 11.6 Å². The van der Waals surface area contributed by atoms with Gasteiger partial charge in [0.15, 0.2) is 0 Å². The average molecular weight is 439 g/mol. The van der Waals surface area contributed by atoms with Crippen molar-refractivity contribution >= 4 is 12.2 Å². The van der Waals surface area contributed by atoms with E-state index in [4.69, 9.17) is 0 Å². The Morgan fingerprint density at radius 2 is 1.27 bits per heavy atom. The lowest BCUT2D eigenvalue weighted by Crippen LogP contribution is -1.99. The van der Waals surface area contributed by atoms with Crippen LogP contribution in [0.3, 0.4) is 0 Å². The van der Waals surface area contributed by atoms with Gasteiger partial charge in [-0.1, -0.05) is 97.9 Å². The number of rotatable bonds is 8. The van der Waals surface area contributed by atoms with Gasteiger partial charge in [0.05, 0.1) is 0 Å². The minimum absolute atomic E-state index is 0.377. The van der Waals surface area contributed by atoms with Gasteiger partial charge in [-0.25, -0.2) is 8.78 Å². The molecule has 2 heteroatoms. The molecule has 1 atom stereocenters. The van der Waals surface area contributed by atoms with Gasteiger partial charge in [-0.15, -0.1) is 0 Å². The van der Waals surface area contributed by atoms with Crippen molar-refractivity contribution in [2.45, 2.75) is 32.1 Å². The van der Waals surface area contributed by atoms with Crippen LogP contribution in [-0.2, 0) is 19.3 Å². The van der Waals surface area contributed by atoms with Gasteiger partial charge in [-0.2, -0.15) is 0 Å². The number of aryl methyl sites for hydroxylation is 2. The molecule has 0 heterocycles. The SMILES string of the molecule is C[C@@H](Cc1ccc(CCc2ccc(C=Cc3ccc(F)cc3F)cc2)cc1)c1ccccc1. The molecular weight excluding hydrogens is 410 g/mol. The van der Waals surface area contributed by atoms with Gasteiger partial charge < -0.3 is 0 Å². The van der Waals surface area contributed by atoms with Crippen LogP contribution in [0.2, 0.25) is 0 Å². The largest absolute Gasteiger partial charge is 0.207 e. The molecule has 33 heavy (non-hydrogen) atoms. The van der Waals surface area contributed by atoms with Crippen LogP contribution >= 0.6 is 0 Å². The molecule has 0 radical (unpaired) electrons. The second-order valence-corrected chi connectivity index (χ2v) is 8.57. The van der Waals surface area contributed by atoms with Crippen molar-refractivity contribution in [1.82, 2.24) is 0 Å². The summed E-state index contributed by atoms with van der Waals surface area (Å²) in [6, 6.07) is 31.5. The Hall–Kier alpha value is -3.52. The lowest BCUT2D eigenvalue weighted by molar-refractivity contribution is 0.581. The minimum Gasteiger partial charge on any atom is -0.207 e. The topological polar surface area (TPSA) is 0 Å². The molecule has 4 aromatic rings. The van der Waals surface area contributed by atoms with Crippen LogP contribution in [0, 0.1) is 11.6 Å². The fourth-order valence-corrected chi connectivity index (χ4v) is 4.00. The molecule has 0 saturated carbocycles. The summed E-state index contributed by atoms with van der Waals surface area (Å²) < 4.78 is 26.8. The molecule has 0 spiro atoms. The Labute approximate surface area is 195 Å². The van der Waals surface area contributed by atoms with Gasteiger partial charge in [0.25, 0.3) is 0 Å². The average Bonchev–Trinajstić information content (AvgIpc) is 2.84. The fourth-order valence-electron chi connectivity index (χ4n) is 4.00. The van der Waals surface area contributed by atoms with Crippen LogP contribution in [0.1, 0.15) is 46.2 Å². The highest BCUT2D eigenvalue weighted by atomic mass is 19.1. The monoisotopic (exact) mass is 438 g/mol. The van der Waals surface area contributed by atoms with Gasteiger partial charge in [-0.3, -0.25) is 0 Å². The summed E-state index contributed by atoms with van der Waals surface area (Å²) in [7, 11) is 0. The highest BCUT2D eigenvalue weighted by molar-refractivity contribution is 5.69.